The summed E-state index contributed by atoms with van der Waals surface area (Å²) in [6.45, 7) is 5.79. The highest BCUT2D eigenvalue weighted by molar-refractivity contribution is 5.33. The third-order valence-electron chi connectivity index (χ3n) is 2.20. The van der Waals surface area contributed by atoms with Crippen LogP contribution >= 0.6 is 0 Å². The average molecular weight is 221 g/mol. The number of hydrogen-bond acceptors (Lipinski definition) is 0. The van der Waals surface area contributed by atoms with Crippen molar-refractivity contribution in [3.05, 3.63) is 55.1 Å². The van der Waals surface area contributed by atoms with Gasteiger partial charge in [0.2, 0.25) is 0 Å². The Balaban J connectivity index is 0.00000112. The highest BCUT2D eigenvalue weighted by atomic mass is 35.5. The lowest BCUT2D eigenvalue weighted by molar-refractivity contribution is -0.566. The van der Waals surface area contributed by atoms with Crippen LogP contribution in [0.1, 0.15) is 5.56 Å². The molecule has 0 saturated heterocycles. The molecule has 2 nitrogen and oxygen atoms in total. The summed E-state index contributed by atoms with van der Waals surface area (Å²) in [6.07, 6.45) is 7.72. The molecule has 0 unspecified atom stereocenters. The summed E-state index contributed by atoms with van der Waals surface area (Å²) in [4.78, 5) is 0. The molecule has 3 heteroatoms. The summed E-state index contributed by atoms with van der Waals surface area (Å²) in [5, 5.41) is 0. The van der Waals surface area contributed by atoms with Gasteiger partial charge in [-0.3, -0.25) is 0 Å². The maximum Gasteiger partial charge on any atom is 0.253 e. The van der Waals surface area contributed by atoms with Gasteiger partial charge in [0.15, 0.2) is 0 Å². The molecule has 0 bridgehead atoms. The summed E-state index contributed by atoms with van der Waals surface area (Å²) < 4.78 is 3.97. The van der Waals surface area contributed by atoms with Gasteiger partial charge in [0.05, 0.1) is 6.20 Å². The topological polar surface area (TPSA) is 8.81 Å². The van der Waals surface area contributed by atoms with Crippen molar-refractivity contribution in [2.75, 3.05) is 0 Å². The minimum absolute atomic E-state index is 0. The number of hydrogen-bond donors (Lipinski definition) is 0. The molecular formula is C12H13ClN2. The second-order valence-electron chi connectivity index (χ2n) is 3.29. The van der Waals surface area contributed by atoms with E-state index in [9.17, 15) is 0 Å². The molecule has 0 N–H and O–H groups in total. The standard InChI is InChI=1S/C12H13N2.ClH/c1-3-13-8-9-14(10-13)12-6-4-11(2)5-7-12;/h3-10H,1H2,2H3;1H/q+1;/p-1. The molecule has 0 aliphatic heterocycles. The molecule has 0 atom stereocenters. The quantitative estimate of drug-likeness (QED) is 0.585. The summed E-state index contributed by atoms with van der Waals surface area (Å²) >= 11 is 0. The fraction of sp³-hybridized carbons (Fsp3) is 0.0833. The van der Waals surface area contributed by atoms with E-state index in [1.54, 1.807) is 6.20 Å². The molecule has 0 saturated carbocycles. The molecule has 2 rings (SSSR count). The molecule has 2 aromatic rings. The molecule has 1 aromatic heterocycles. The third-order valence-corrected chi connectivity index (χ3v) is 2.20. The Kier molecular flexibility index (Phi) is 3.69. The number of aryl methyl sites for hydroxylation is 1. The van der Waals surface area contributed by atoms with E-state index in [0.29, 0.717) is 0 Å². The van der Waals surface area contributed by atoms with Gasteiger partial charge in [-0.15, -0.1) is 0 Å². The molecule has 78 valence electrons. The van der Waals surface area contributed by atoms with Crippen LogP contribution < -0.4 is 17.0 Å². The second kappa shape index (κ2) is 4.80. The first-order chi connectivity index (χ1) is 6.79. The molecule has 0 radical (unpaired) electrons. The summed E-state index contributed by atoms with van der Waals surface area (Å²) in [6, 6.07) is 8.41. The number of imidazole rings is 1. The van der Waals surface area contributed by atoms with Crippen LogP contribution in [0.25, 0.3) is 11.9 Å². The van der Waals surface area contributed by atoms with Crippen molar-refractivity contribution < 1.29 is 17.0 Å². The molecule has 0 spiro atoms. The van der Waals surface area contributed by atoms with E-state index in [0.717, 1.165) is 5.69 Å². The molecule has 0 amide bonds. The van der Waals surface area contributed by atoms with Crippen molar-refractivity contribution >= 4 is 6.20 Å². The zero-order valence-electron chi connectivity index (χ0n) is 8.60. The minimum Gasteiger partial charge on any atom is -1.00 e. The Bertz CT molecular complexity index is 443. The largest absolute Gasteiger partial charge is 1.00 e. The predicted octanol–water partition coefficient (Wildman–Crippen LogP) is -0.822. The van der Waals surface area contributed by atoms with E-state index in [-0.39, 0.29) is 12.4 Å². The molecule has 0 aliphatic rings. The number of rotatable bonds is 2. The van der Waals surface area contributed by atoms with Crippen molar-refractivity contribution in [2.45, 2.75) is 6.92 Å². The highest BCUT2D eigenvalue weighted by Gasteiger charge is 2.02. The van der Waals surface area contributed by atoms with Crippen LogP contribution in [-0.2, 0) is 0 Å². The van der Waals surface area contributed by atoms with Crippen LogP contribution in [0.4, 0.5) is 0 Å². The van der Waals surface area contributed by atoms with Gasteiger partial charge >= 0.3 is 0 Å². The zero-order valence-corrected chi connectivity index (χ0v) is 9.35. The first-order valence-electron chi connectivity index (χ1n) is 4.58. The van der Waals surface area contributed by atoms with E-state index < -0.39 is 0 Å². The Labute approximate surface area is 95.9 Å². The predicted molar refractivity (Wildman–Crippen MR) is 57.1 cm³/mol. The van der Waals surface area contributed by atoms with Gasteiger partial charge in [0.1, 0.15) is 18.1 Å². The maximum absolute atomic E-state index is 3.70. The summed E-state index contributed by atoms with van der Waals surface area (Å²) in [7, 11) is 0. The monoisotopic (exact) mass is 220 g/mol. The SMILES string of the molecule is C=C[n+]1ccn(-c2ccc(C)cc2)c1.[Cl-]. The lowest BCUT2D eigenvalue weighted by Crippen LogP contribution is -3.00. The van der Waals surface area contributed by atoms with Gasteiger partial charge in [-0.1, -0.05) is 24.3 Å². The average Bonchev–Trinajstić information content (AvgIpc) is 2.67. The Morgan fingerprint density at radius 3 is 2.47 bits per heavy atom. The van der Waals surface area contributed by atoms with Gasteiger partial charge in [-0.2, -0.15) is 0 Å². The Hall–Kier alpha value is -1.54. The molecule has 0 aliphatic carbocycles. The first-order valence-corrected chi connectivity index (χ1v) is 4.58. The molecule has 1 heterocycles. The molecular weight excluding hydrogens is 208 g/mol. The van der Waals surface area contributed by atoms with E-state index in [1.807, 2.05) is 23.3 Å². The van der Waals surface area contributed by atoms with Crippen molar-refractivity contribution in [3.63, 3.8) is 0 Å². The maximum atomic E-state index is 3.70. The van der Waals surface area contributed by atoms with Crippen LogP contribution in [0.3, 0.4) is 0 Å². The zero-order chi connectivity index (χ0) is 9.97. The molecule has 15 heavy (non-hydrogen) atoms. The Morgan fingerprint density at radius 2 is 1.93 bits per heavy atom. The number of halogens is 1. The lowest BCUT2D eigenvalue weighted by Gasteiger charge is -1.95. The van der Waals surface area contributed by atoms with Gasteiger partial charge in [0.25, 0.3) is 6.33 Å². The van der Waals surface area contributed by atoms with E-state index >= 15 is 0 Å². The van der Waals surface area contributed by atoms with Crippen LogP contribution in [0.5, 0.6) is 0 Å². The van der Waals surface area contributed by atoms with Crippen LogP contribution in [-0.4, -0.2) is 4.57 Å². The molecule has 0 fully saturated rings. The van der Waals surface area contributed by atoms with E-state index in [2.05, 4.69) is 42.3 Å². The number of benzene rings is 1. The lowest BCUT2D eigenvalue weighted by atomic mass is 10.2. The fourth-order valence-corrected chi connectivity index (χ4v) is 1.35. The molecule has 1 aromatic carbocycles. The van der Waals surface area contributed by atoms with Gasteiger partial charge in [-0.05, 0) is 19.1 Å². The van der Waals surface area contributed by atoms with Crippen molar-refractivity contribution in [3.8, 4) is 5.69 Å². The van der Waals surface area contributed by atoms with E-state index in [4.69, 9.17) is 0 Å². The number of aromatic nitrogens is 2. The van der Waals surface area contributed by atoms with E-state index in [1.165, 1.54) is 5.56 Å². The van der Waals surface area contributed by atoms with Crippen LogP contribution in [0, 0.1) is 6.92 Å². The fourth-order valence-electron chi connectivity index (χ4n) is 1.35. The second-order valence-corrected chi connectivity index (χ2v) is 3.29. The van der Waals surface area contributed by atoms with Crippen molar-refractivity contribution in [1.82, 2.24) is 4.57 Å². The van der Waals surface area contributed by atoms with Crippen LogP contribution in [0.15, 0.2) is 49.6 Å². The minimum atomic E-state index is 0. The number of nitrogens with zero attached hydrogens (tertiary/aromatic N) is 2. The summed E-state index contributed by atoms with van der Waals surface area (Å²) in [5.41, 5.74) is 2.44. The Morgan fingerprint density at radius 1 is 1.27 bits per heavy atom. The normalized spacial score (nSPS) is 9.40. The van der Waals surface area contributed by atoms with Crippen molar-refractivity contribution in [1.29, 1.82) is 0 Å². The van der Waals surface area contributed by atoms with Gasteiger partial charge in [-0.25, -0.2) is 9.13 Å². The first kappa shape index (κ1) is 11.5. The van der Waals surface area contributed by atoms with Gasteiger partial charge < -0.3 is 12.4 Å². The summed E-state index contributed by atoms with van der Waals surface area (Å²) in [5.74, 6) is 0. The third kappa shape index (κ3) is 2.48. The van der Waals surface area contributed by atoms with Crippen LogP contribution in [0.2, 0.25) is 0 Å². The smallest absolute Gasteiger partial charge is 0.253 e. The highest BCUT2D eigenvalue weighted by Crippen LogP contribution is 2.07. The van der Waals surface area contributed by atoms with Gasteiger partial charge in [0, 0.05) is 0 Å². The van der Waals surface area contributed by atoms with Crippen molar-refractivity contribution in [2.24, 2.45) is 0 Å².